The average molecular weight is 170 g/mol. The summed E-state index contributed by atoms with van der Waals surface area (Å²) >= 11 is 0. The standard InChI is InChI=1S/C9H14O3/c1-6(9(11)12)7-3-2-4-8(10)5-7/h7-8,10H,1-5H2,(H,11,12). The fraction of sp³-hybridized carbons (Fsp3) is 0.667. The van der Waals surface area contributed by atoms with E-state index in [9.17, 15) is 9.90 Å². The van der Waals surface area contributed by atoms with Crippen molar-refractivity contribution in [3.63, 3.8) is 0 Å². The molecular weight excluding hydrogens is 156 g/mol. The zero-order chi connectivity index (χ0) is 9.14. The van der Waals surface area contributed by atoms with Gasteiger partial charge in [-0.2, -0.15) is 0 Å². The van der Waals surface area contributed by atoms with E-state index in [1.165, 1.54) is 0 Å². The lowest BCUT2D eigenvalue weighted by atomic mass is 9.83. The Morgan fingerprint density at radius 1 is 1.42 bits per heavy atom. The smallest absolute Gasteiger partial charge is 0.331 e. The van der Waals surface area contributed by atoms with Crippen LogP contribution in [0, 0.1) is 5.92 Å². The molecule has 2 N–H and O–H groups in total. The SMILES string of the molecule is C=C(C(=O)O)C1CCCC(O)C1. The lowest BCUT2D eigenvalue weighted by Crippen LogP contribution is -2.23. The maximum Gasteiger partial charge on any atom is 0.331 e. The Morgan fingerprint density at radius 3 is 2.58 bits per heavy atom. The molecule has 2 atom stereocenters. The van der Waals surface area contributed by atoms with Crippen molar-refractivity contribution >= 4 is 5.97 Å². The summed E-state index contributed by atoms with van der Waals surface area (Å²) in [5.74, 6) is -0.958. The van der Waals surface area contributed by atoms with E-state index in [1.807, 2.05) is 0 Å². The number of carboxylic acids is 1. The Balaban J connectivity index is 2.51. The number of hydrogen-bond acceptors (Lipinski definition) is 2. The maximum atomic E-state index is 10.5. The molecule has 1 saturated carbocycles. The van der Waals surface area contributed by atoms with Crippen LogP contribution in [0.1, 0.15) is 25.7 Å². The van der Waals surface area contributed by atoms with Gasteiger partial charge in [-0.1, -0.05) is 13.0 Å². The van der Waals surface area contributed by atoms with E-state index in [0.29, 0.717) is 6.42 Å². The summed E-state index contributed by atoms with van der Waals surface area (Å²) in [4.78, 5) is 10.5. The highest BCUT2D eigenvalue weighted by atomic mass is 16.4. The molecule has 1 aliphatic rings. The van der Waals surface area contributed by atoms with E-state index in [0.717, 1.165) is 19.3 Å². The summed E-state index contributed by atoms with van der Waals surface area (Å²) < 4.78 is 0. The number of aliphatic hydroxyl groups is 1. The third kappa shape index (κ3) is 2.08. The van der Waals surface area contributed by atoms with Crippen molar-refractivity contribution in [3.8, 4) is 0 Å². The molecule has 0 aromatic carbocycles. The van der Waals surface area contributed by atoms with E-state index in [-0.39, 0.29) is 17.6 Å². The van der Waals surface area contributed by atoms with Crippen molar-refractivity contribution < 1.29 is 15.0 Å². The molecule has 0 bridgehead atoms. The third-order valence-electron chi connectivity index (χ3n) is 2.41. The molecule has 0 amide bonds. The van der Waals surface area contributed by atoms with Gasteiger partial charge in [0.1, 0.15) is 0 Å². The fourth-order valence-electron chi connectivity index (χ4n) is 1.66. The predicted molar refractivity (Wildman–Crippen MR) is 44.7 cm³/mol. The molecule has 1 fully saturated rings. The highest BCUT2D eigenvalue weighted by Gasteiger charge is 2.25. The number of rotatable bonds is 2. The second-order valence-electron chi connectivity index (χ2n) is 3.35. The monoisotopic (exact) mass is 170 g/mol. The molecule has 0 spiro atoms. The van der Waals surface area contributed by atoms with Crippen LogP contribution in [-0.2, 0) is 4.79 Å². The normalized spacial score (nSPS) is 29.8. The molecule has 3 heteroatoms. The zero-order valence-corrected chi connectivity index (χ0v) is 6.99. The number of carboxylic acid groups (broad SMARTS) is 1. The van der Waals surface area contributed by atoms with Gasteiger partial charge in [-0.15, -0.1) is 0 Å². The highest BCUT2D eigenvalue weighted by Crippen LogP contribution is 2.29. The van der Waals surface area contributed by atoms with Crippen molar-refractivity contribution in [1.82, 2.24) is 0 Å². The second-order valence-corrected chi connectivity index (χ2v) is 3.35. The van der Waals surface area contributed by atoms with Crippen LogP contribution in [0.3, 0.4) is 0 Å². The average Bonchev–Trinajstić information content (AvgIpc) is 2.03. The first kappa shape index (κ1) is 9.26. The summed E-state index contributed by atoms with van der Waals surface area (Å²) in [6.45, 7) is 3.50. The predicted octanol–water partition coefficient (Wildman–Crippen LogP) is 1.18. The van der Waals surface area contributed by atoms with Crippen LogP contribution in [-0.4, -0.2) is 22.3 Å². The molecule has 0 radical (unpaired) electrons. The molecule has 0 heterocycles. The van der Waals surface area contributed by atoms with Gasteiger partial charge in [0, 0.05) is 5.57 Å². The lowest BCUT2D eigenvalue weighted by Gasteiger charge is -2.25. The van der Waals surface area contributed by atoms with Crippen molar-refractivity contribution in [2.24, 2.45) is 5.92 Å². The Bertz CT molecular complexity index is 198. The van der Waals surface area contributed by atoms with E-state index in [1.54, 1.807) is 0 Å². The van der Waals surface area contributed by atoms with Crippen molar-refractivity contribution in [1.29, 1.82) is 0 Å². The van der Waals surface area contributed by atoms with Crippen LogP contribution < -0.4 is 0 Å². The minimum atomic E-state index is -0.936. The van der Waals surface area contributed by atoms with E-state index >= 15 is 0 Å². The molecule has 0 saturated heterocycles. The van der Waals surface area contributed by atoms with E-state index in [4.69, 9.17) is 5.11 Å². The van der Waals surface area contributed by atoms with E-state index < -0.39 is 5.97 Å². The Kier molecular flexibility index (Phi) is 2.87. The lowest BCUT2D eigenvalue weighted by molar-refractivity contribution is -0.133. The molecule has 0 aromatic rings. The van der Waals surface area contributed by atoms with Gasteiger partial charge < -0.3 is 10.2 Å². The molecule has 1 rings (SSSR count). The molecule has 2 unspecified atom stereocenters. The number of hydrogen-bond donors (Lipinski definition) is 2. The summed E-state index contributed by atoms with van der Waals surface area (Å²) in [5.41, 5.74) is 0.244. The van der Waals surface area contributed by atoms with Gasteiger partial charge in [-0.05, 0) is 25.2 Å². The Morgan fingerprint density at radius 2 is 2.08 bits per heavy atom. The molecule has 0 aromatic heterocycles. The van der Waals surface area contributed by atoms with Gasteiger partial charge in [0.25, 0.3) is 0 Å². The van der Waals surface area contributed by atoms with Crippen LogP contribution in [0.15, 0.2) is 12.2 Å². The summed E-state index contributed by atoms with van der Waals surface area (Å²) in [5, 5.41) is 17.9. The minimum Gasteiger partial charge on any atom is -0.478 e. The summed E-state index contributed by atoms with van der Waals surface area (Å²) in [6, 6.07) is 0. The largest absolute Gasteiger partial charge is 0.478 e. The second kappa shape index (κ2) is 3.72. The van der Waals surface area contributed by atoms with Gasteiger partial charge in [0.05, 0.1) is 6.10 Å². The van der Waals surface area contributed by atoms with Gasteiger partial charge in [-0.25, -0.2) is 4.79 Å². The molecule has 68 valence electrons. The molecule has 0 aliphatic heterocycles. The summed E-state index contributed by atoms with van der Waals surface area (Å²) in [6.07, 6.45) is 2.77. The van der Waals surface area contributed by atoms with Crippen molar-refractivity contribution in [3.05, 3.63) is 12.2 Å². The molecule has 1 aliphatic carbocycles. The molecular formula is C9H14O3. The first-order valence-electron chi connectivity index (χ1n) is 4.21. The van der Waals surface area contributed by atoms with Gasteiger partial charge in [0.2, 0.25) is 0 Å². The number of carbonyl (C=O) groups is 1. The Hall–Kier alpha value is -0.830. The summed E-state index contributed by atoms with van der Waals surface area (Å²) in [7, 11) is 0. The van der Waals surface area contributed by atoms with E-state index in [2.05, 4.69) is 6.58 Å². The number of aliphatic carboxylic acids is 1. The van der Waals surface area contributed by atoms with Crippen molar-refractivity contribution in [2.75, 3.05) is 0 Å². The van der Waals surface area contributed by atoms with Crippen LogP contribution >= 0.6 is 0 Å². The first-order chi connectivity index (χ1) is 5.61. The van der Waals surface area contributed by atoms with Crippen LogP contribution in [0.25, 0.3) is 0 Å². The fourth-order valence-corrected chi connectivity index (χ4v) is 1.66. The maximum absolute atomic E-state index is 10.5. The van der Waals surface area contributed by atoms with Crippen molar-refractivity contribution in [2.45, 2.75) is 31.8 Å². The molecule has 12 heavy (non-hydrogen) atoms. The van der Waals surface area contributed by atoms with Gasteiger partial charge >= 0.3 is 5.97 Å². The first-order valence-corrected chi connectivity index (χ1v) is 4.21. The number of aliphatic hydroxyl groups excluding tert-OH is 1. The molecule has 3 nitrogen and oxygen atoms in total. The Labute approximate surface area is 71.7 Å². The minimum absolute atomic E-state index is 0.0220. The topological polar surface area (TPSA) is 57.5 Å². The van der Waals surface area contributed by atoms with Crippen LogP contribution in [0.4, 0.5) is 0 Å². The third-order valence-corrected chi connectivity index (χ3v) is 2.41. The highest BCUT2D eigenvalue weighted by molar-refractivity contribution is 5.86. The van der Waals surface area contributed by atoms with Crippen LogP contribution in [0.5, 0.6) is 0 Å². The quantitative estimate of drug-likeness (QED) is 0.612. The zero-order valence-electron chi connectivity index (χ0n) is 6.99. The van der Waals surface area contributed by atoms with Crippen LogP contribution in [0.2, 0.25) is 0 Å². The van der Waals surface area contributed by atoms with Gasteiger partial charge in [-0.3, -0.25) is 0 Å². The van der Waals surface area contributed by atoms with Gasteiger partial charge in [0.15, 0.2) is 0 Å².